The summed E-state index contributed by atoms with van der Waals surface area (Å²) in [6.07, 6.45) is 3.44. The summed E-state index contributed by atoms with van der Waals surface area (Å²) in [5.41, 5.74) is 2.72. The number of hydrogen-bond donors (Lipinski definition) is 1. The van der Waals surface area contributed by atoms with E-state index in [1.165, 1.54) is 16.3 Å². The fourth-order valence-electron chi connectivity index (χ4n) is 4.45. The van der Waals surface area contributed by atoms with E-state index in [0.717, 1.165) is 38.0 Å². The predicted molar refractivity (Wildman–Crippen MR) is 122 cm³/mol. The summed E-state index contributed by atoms with van der Waals surface area (Å²) in [4.78, 5) is 13.5. The van der Waals surface area contributed by atoms with Crippen molar-refractivity contribution in [3.05, 3.63) is 77.9 Å². The fraction of sp³-hybridized carbons (Fsp3) is 0.346. The first-order valence-corrected chi connectivity index (χ1v) is 10.8. The molecule has 4 rings (SSSR count). The Kier molecular flexibility index (Phi) is 6.34. The van der Waals surface area contributed by atoms with Gasteiger partial charge in [0.1, 0.15) is 0 Å². The smallest absolute Gasteiger partial charge is 0.335 e. The molecule has 0 aromatic heterocycles. The number of carboxylic acids is 1. The summed E-state index contributed by atoms with van der Waals surface area (Å²) < 4.78 is 6.01. The van der Waals surface area contributed by atoms with Crippen LogP contribution < -0.4 is 4.90 Å². The van der Waals surface area contributed by atoms with Gasteiger partial charge in [0, 0.05) is 18.8 Å². The highest BCUT2D eigenvalue weighted by Gasteiger charge is 2.21. The number of aromatic carboxylic acids is 1. The van der Waals surface area contributed by atoms with Crippen molar-refractivity contribution >= 4 is 22.4 Å². The van der Waals surface area contributed by atoms with Crippen molar-refractivity contribution in [2.45, 2.75) is 38.2 Å². The van der Waals surface area contributed by atoms with Gasteiger partial charge in [-0.1, -0.05) is 61.9 Å². The Bertz CT molecular complexity index is 1010. The Morgan fingerprint density at radius 2 is 1.93 bits per heavy atom. The van der Waals surface area contributed by atoms with Crippen molar-refractivity contribution in [2.75, 3.05) is 24.6 Å². The molecule has 1 aliphatic heterocycles. The molecule has 0 saturated carbocycles. The summed E-state index contributed by atoms with van der Waals surface area (Å²) in [5, 5.41) is 11.9. The van der Waals surface area contributed by atoms with Crippen LogP contribution in [-0.4, -0.2) is 36.9 Å². The van der Waals surface area contributed by atoms with Gasteiger partial charge in [-0.15, -0.1) is 0 Å². The minimum atomic E-state index is -0.885. The second-order valence-corrected chi connectivity index (χ2v) is 8.19. The quantitative estimate of drug-likeness (QED) is 0.548. The fourth-order valence-corrected chi connectivity index (χ4v) is 4.45. The molecule has 2 atom stereocenters. The molecule has 0 spiro atoms. The number of benzene rings is 3. The SMILES string of the molecule is C[C@@H](CCCC1CN(c2cccc(C(=O)O)c2)CCO1)c1cccc2ccccc12. The topological polar surface area (TPSA) is 49.8 Å². The summed E-state index contributed by atoms with van der Waals surface area (Å²) >= 11 is 0. The average molecular weight is 404 g/mol. The van der Waals surface area contributed by atoms with Crippen molar-refractivity contribution in [3.8, 4) is 0 Å². The van der Waals surface area contributed by atoms with E-state index >= 15 is 0 Å². The summed E-state index contributed by atoms with van der Waals surface area (Å²) in [6, 6.07) is 22.4. The van der Waals surface area contributed by atoms with E-state index in [1.807, 2.05) is 12.1 Å². The first-order chi connectivity index (χ1) is 14.6. The van der Waals surface area contributed by atoms with Crippen LogP contribution in [0.5, 0.6) is 0 Å². The highest BCUT2D eigenvalue weighted by molar-refractivity contribution is 5.89. The van der Waals surface area contributed by atoms with E-state index in [9.17, 15) is 9.90 Å². The highest BCUT2D eigenvalue weighted by atomic mass is 16.5. The number of rotatable bonds is 7. The monoisotopic (exact) mass is 403 g/mol. The minimum Gasteiger partial charge on any atom is -0.478 e. The molecule has 0 radical (unpaired) electrons. The molecule has 1 unspecified atom stereocenters. The van der Waals surface area contributed by atoms with Crippen LogP contribution in [0.4, 0.5) is 5.69 Å². The summed E-state index contributed by atoms with van der Waals surface area (Å²) in [6.45, 7) is 4.60. The van der Waals surface area contributed by atoms with E-state index < -0.39 is 5.97 Å². The molecule has 4 heteroatoms. The summed E-state index contributed by atoms with van der Waals surface area (Å²) in [7, 11) is 0. The van der Waals surface area contributed by atoms with Crippen molar-refractivity contribution in [3.63, 3.8) is 0 Å². The van der Waals surface area contributed by atoms with Gasteiger partial charge in [-0.3, -0.25) is 0 Å². The zero-order valence-corrected chi connectivity index (χ0v) is 17.5. The van der Waals surface area contributed by atoms with E-state index in [2.05, 4.69) is 54.3 Å². The van der Waals surface area contributed by atoms with Gasteiger partial charge in [0.15, 0.2) is 0 Å². The molecule has 3 aromatic carbocycles. The Morgan fingerprint density at radius 1 is 1.13 bits per heavy atom. The van der Waals surface area contributed by atoms with Crippen molar-refractivity contribution in [1.82, 2.24) is 0 Å². The predicted octanol–water partition coefficient (Wildman–Crippen LogP) is 5.72. The number of ether oxygens (including phenoxy) is 1. The molecule has 1 aliphatic rings. The minimum absolute atomic E-state index is 0.187. The normalized spacial score (nSPS) is 17.8. The van der Waals surface area contributed by atoms with Crippen LogP contribution in [0.2, 0.25) is 0 Å². The van der Waals surface area contributed by atoms with Crippen LogP contribution in [0, 0.1) is 0 Å². The maximum absolute atomic E-state index is 11.3. The first kappa shape index (κ1) is 20.4. The van der Waals surface area contributed by atoms with Crippen molar-refractivity contribution in [2.24, 2.45) is 0 Å². The van der Waals surface area contributed by atoms with Gasteiger partial charge in [-0.25, -0.2) is 4.79 Å². The number of anilines is 1. The molecule has 1 saturated heterocycles. The number of morpholine rings is 1. The highest BCUT2D eigenvalue weighted by Crippen LogP contribution is 2.29. The Hall–Kier alpha value is -2.85. The molecule has 3 aromatic rings. The van der Waals surface area contributed by atoms with E-state index in [4.69, 9.17) is 4.74 Å². The van der Waals surface area contributed by atoms with Crippen LogP contribution in [-0.2, 0) is 4.74 Å². The molecule has 0 aliphatic carbocycles. The number of fused-ring (bicyclic) bond motifs is 1. The zero-order valence-electron chi connectivity index (χ0n) is 17.5. The number of carboxylic acid groups (broad SMARTS) is 1. The zero-order chi connectivity index (χ0) is 20.9. The van der Waals surface area contributed by atoms with Gasteiger partial charge >= 0.3 is 5.97 Å². The van der Waals surface area contributed by atoms with Crippen LogP contribution in [0.15, 0.2) is 66.7 Å². The van der Waals surface area contributed by atoms with Crippen LogP contribution >= 0.6 is 0 Å². The van der Waals surface area contributed by atoms with Gasteiger partial charge in [-0.2, -0.15) is 0 Å². The van der Waals surface area contributed by atoms with E-state index in [0.29, 0.717) is 18.1 Å². The molecule has 1 N–H and O–H groups in total. The lowest BCUT2D eigenvalue weighted by Gasteiger charge is -2.35. The van der Waals surface area contributed by atoms with Crippen molar-refractivity contribution in [1.29, 1.82) is 0 Å². The lowest BCUT2D eigenvalue weighted by molar-refractivity contribution is 0.0334. The van der Waals surface area contributed by atoms with Gasteiger partial charge < -0.3 is 14.7 Å². The Labute approximate surface area is 178 Å². The lowest BCUT2D eigenvalue weighted by atomic mass is 9.90. The lowest BCUT2D eigenvalue weighted by Crippen LogP contribution is -2.42. The van der Waals surface area contributed by atoms with Crippen molar-refractivity contribution < 1.29 is 14.6 Å². The maximum Gasteiger partial charge on any atom is 0.335 e. The first-order valence-electron chi connectivity index (χ1n) is 10.8. The summed E-state index contributed by atoms with van der Waals surface area (Å²) in [5.74, 6) is -0.382. The van der Waals surface area contributed by atoms with E-state index in [-0.39, 0.29) is 6.10 Å². The third kappa shape index (κ3) is 4.65. The van der Waals surface area contributed by atoms with Crippen LogP contribution in [0.25, 0.3) is 10.8 Å². The largest absolute Gasteiger partial charge is 0.478 e. The molecule has 1 fully saturated rings. The molecule has 1 heterocycles. The Morgan fingerprint density at radius 3 is 2.80 bits per heavy atom. The van der Waals surface area contributed by atoms with Gasteiger partial charge in [0.25, 0.3) is 0 Å². The van der Waals surface area contributed by atoms with Crippen LogP contribution in [0.1, 0.15) is 48.0 Å². The third-order valence-corrected chi connectivity index (χ3v) is 6.11. The second-order valence-electron chi connectivity index (χ2n) is 8.19. The number of carbonyl (C=O) groups is 1. The molecular formula is C26H29NO3. The molecule has 156 valence electrons. The maximum atomic E-state index is 11.3. The van der Waals surface area contributed by atoms with Gasteiger partial charge in [-0.05, 0) is 53.3 Å². The second kappa shape index (κ2) is 9.31. The molecule has 4 nitrogen and oxygen atoms in total. The van der Waals surface area contributed by atoms with E-state index in [1.54, 1.807) is 12.1 Å². The van der Waals surface area contributed by atoms with Gasteiger partial charge in [0.05, 0.1) is 18.3 Å². The molecule has 30 heavy (non-hydrogen) atoms. The number of nitrogens with zero attached hydrogens (tertiary/aromatic N) is 1. The number of hydrogen-bond acceptors (Lipinski definition) is 3. The third-order valence-electron chi connectivity index (χ3n) is 6.11. The molecule has 0 amide bonds. The van der Waals surface area contributed by atoms with Gasteiger partial charge in [0.2, 0.25) is 0 Å². The molecular weight excluding hydrogens is 374 g/mol. The standard InChI is InChI=1S/C26H29NO3/c1-19(24-14-6-9-20-8-2-3-13-25(20)24)7-4-12-23-18-27(15-16-30-23)22-11-5-10-21(17-22)26(28)29/h2-3,5-6,8-11,13-14,17,19,23H,4,7,12,15-16,18H2,1H3,(H,28,29)/t19-,23?/m0/s1. The molecule has 0 bridgehead atoms. The Balaban J connectivity index is 1.34. The van der Waals surface area contributed by atoms with Crippen LogP contribution in [0.3, 0.4) is 0 Å². The average Bonchev–Trinajstić information content (AvgIpc) is 2.79.